The molecule has 20 heavy (non-hydrogen) atoms. The van der Waals surface area contributed by atoms with Crippen molar-refractivity contribution in [2.75, 3.05) is 11.1 Å². The Balaban J connectivity index is 2.33. The summed E-state index contributed by atoms with van der Waals surface area (Å²) in [6.45, 7) is 1.67. The average molecular weight is 356 g/mol. The van der Waals surface area contributed by atoms with Crippen molar-refractivity contribution < 1.29 is 14.7 Å². The highest BCUT2D eigenvalue weighted by atomic mass is 79.9. The standard InChI is InChI=1S/C12H10BrN3O3S/c1-5-9(20-12(14)15-5)10(17)16-8-3-2-6(13)4-7(8)11(18)19/h2-4H,1H3,(H2,14,15)(H,16,17)(H,18,19). The third-order valence-electron chi connectivity index (χ3n) is 2.48. The van der Waals surface area contributed by atoms with Gasteiger partial charge in [0.25, 0.3) is 5.91 Å². The molecule has 0 saturated carbocycles. The Bertz CT molecular complexity index is 699. The van der Waals surface area contributed by atoms with E-state index >= 15 is 0 Å². The number of amides is 1. The molecule has 0 atom stereocenters. The molecule has 1 amide bonds. The number of carboxylic acid groups (broad SMARTS) is 1. The maximum atomic E-state index is 12.1. The number of hydrogen-bond donors (Lipinski definition) is 3. The molecule has 8 heteroatoms. The smallest absolute Gasteiger partial charge is 0.337 e. The lowest BCUT2D eigenvalue weighted by molar-refractivity contribution is 0.0698. The fraction of sp³-hybridized carbons (Fsp3) is 0.0833. The normalized spacial score (nSPS) is 10.3. The van der Waals surface area contributed by atoms with E-state index in [1.165, 1.54) is 12.1 Å². The molecule has 0 aliphatic heterocycles. The minimum Gasteiger partial charge on any atom is -0.478 e. The van der Waals surface area contributed by atoms with Crippen molar-refractivity contribution in [2.45, 2.75) is 6.92 Å². The number of aromatic nitrogens is 1. The van der Waals surface area contributed by atoms with E-state index in [9.17, 15) is 9.59 Å². The summed E-state index contributed by atoms with van der Waals surface area (Å²) >= 11 is 4.25. The van der Waals surface area contributed by atoms with Crippen LogP contribution in [0.4, 0.5) is 10.8 Å². The van der Waals surface area contributed by atoms with Gasteiger partial charge in [0.1, 0.15) is 4.88 Å². The average Bonchev–Trinajstić information content (AvgIpc) is 2.70. The number of carbonyl (C=O) groups is 2. The van der Waals surface area contributed by atoms with Crippen molar-refractivity contribution in [1.82, 2.24) is 4.98 Å². The Kier molecular flexibility index (Phi) is 4.05. The van der Waals surface area contributed by atoms with Crippen LogP contribution >= 0.6 is 27.3 Å². The molecular weight excluding hydrogens is 346 g/mol. The summed E-state index contributed by atoms with van der Waals surface area (Å²) in [6, 6.07) is 4.59. The summed E-state index contributed by atoms with van der Waals surface area (Å²) in [5.41, 5.74) is 6.27. The number of hydrogen-bond acceptors (Lipinski definition) is 5. The third-order valence-corrected chi connectivity index (χ3v) is 3.96. The Morgan fingerprint density at radius 2 is 2.15 bits per heavy atom. The van der Waals surface area contributed by atoms with Crippen LogP contribution in [0.3, 0.4) is 0 Å². The second-order valence-corrected chi connectivity index (χ2v) is 5.86. The molecule has 0 unspecified atom stereocenters. The van der Waals surface area contributed by atoms with E-state index in [0.717, 1.165) is 11.3 Å². The molecule has 6 nitrogen and oxygen atoms in total. The van der Waals surface area contributed by atoms with Crippen molar-refractivity contribution in [3.05, 3.63) is 38.8 Å². The number of aryl methyl sites for hydroxylation is 1. The SMILES string of the molecule is Cc1nc(N)sc1C(=O)Nc1ccc(Br)cc1C(=O)O. The first-order valence-electron chi connectivity index (χ1n) is 5.45. The van der Waals surface area contributed by atoms with Crippen molar-refractivity contribution in [1.29, 1.82) is 0 Å². The van der Waals surface area contributed by atoms with Gasteiger partial charge in [-0.1, -0.05) is 27.3 Å². The summed E-state index contributed by atoms with van der Waals surface area (Å²) in [6.07, 6.45) is 0. The van der Waals surface area contributed by atoms with Gasteiger partial charge in [0.05, 0.1) is 16.9 Å². The van der Waals surface area contributed by atoms with Crippen LogP contribution in [0.1, 0.15) is 25.7 Å². The quantitative estimate of drug-likeness (QED) is 0.784. The highest BCUT2D eigenvalue weighted by Crippen LogP contribution is 2.24. The molecule has 0 spiro atoms. The van der Waals surface area contributed by atoms with Gasteiger partial charge in [0.2, 0.25) is 0 Å². The molecule has 0 aliphatic rings. The zero-order valence-electron chi connectivity index (χ0n) is 10.3. The molecule has 2 aromatic rings. The first kappa shape index (κ1) is 14.5. The fourth-order valence-electron chi connectivity index (χ4n) is 1.61. The predicted molar refractivity (Wildman–Crippen MR) is 80.3 cm³/mol. The highest BCUT2D eigenvalue weighted by molar-refractivity contribution is 9.10. The number of anilines is 2. The third kappa shape index (κ3) is 2.97. The molecule has 0 aliphatic carbocycles. The van der Waals surface area contributed by atoms with E-state index in [2.05, 4.69) is 26.2 Å². The van der Waals surface area contributed by atoms with E-state index in [0.29, 0.717) is 20.2 Å². The Morgan fingerprint density at radius 1 is 1.45 bits per heavy atom. The summed E-state index contributed by atoms with van der Waals surface area (Å²) in [5, 5.41) is 12.0. The van der Waals surface area contributed by atoms with Gasteiger partial charge < -0.3 is 16.2 Å². The number of benzene rings is 1. The van der Waals surface area contributed by atoms with Gasteiger partial charge in [0, 0.05) is 4.47 Å². The number of nitrogens with one attached hydrogen (secondary N) is 1. The van der Waals surface area contributed by atoms with Gasteiger partial charge in [-0.25, -0.2) is 9.78 Å². The molecule has 104 valence electrons. The number of rotatable bonds is 3. The maximum absolute atomic E-state index is 12.1. The van der Waals surface area contributed by atoms with Gasteiger partial charge in [0.15, 0.2) is 5.13 Å². The van der Waals surface area contributed by atoms with Crippen LogP contribution in [0.2, 0.25) is 0 Å². The lowest BCUT2D eigenvalue weighted by Crippen LogP contribution is -2.14. The van der Waals surface area contributed by atoms with Gasteiger partial charge >= 0.3 is 5.97 Å². The second-order valence-electron chi connectivity index (χ2n) is 3.92. The van der Waals surface area contributed by atoms with Crippen molar-refractivity contribution in [2.24, 2.45) is 0 Å². The van der Waals surface area contributed by atoms with Gasteiger partial charge in [-0.05, 0) is 25.1 Å². The van der Waals surface area contributed by atoms with Crippen molar-refractivity contribution >= 4 is 50.0 Å². The fourth-order valence-corrected chi connectivity index (χ4v) is 2.70. The Morgan fingerprint density at radius 3 is 2.70 bits per heavy atom. The van der Waals surface area contributed by atoms with E-state index in [1.807, 2.05) is 0 Å². The summed E-state index contributed by atoms with van der Waals surface area (Å²) in [4.78, 5) is 27.6. The molecule has 1 aromatic carbocycles. The Labute approximate surface area is 126 Å². The summed E-state index contributed by atoms with van der Waals surface area (Å²) < 4.78 is 0.617. The molecule has 0 saturated heterocycles. The minimum atomic E-state index is -1.12. The van der Waals surface area contributed by atoms with Crippen LogP contribution in [0.15, 0.2) is 22.7 Å². The first-order valence-corrected chi connectivity index (χ1v) is 7.06. The van der Waals surface area contributed by atoms with Crippen LogP contribution in [-0.2, 0) is 0 Å². The summed E-state index contributed by atoms with van der Waals surface area (Å²) in [5.74, 6) is -1.55. The van der Waals surface area contributed by atoms with Crippen LogP contribution in [0, 0.1) is 6.92 Å². The van der Waals surface area contributed by atoms with E-state index in [-0.39, 0.29) is 11.3 Å². The van der Waals surface area contributed by atoms with Crippen LogP contribution < -0.4 is 11.1 Å². The largest absolute Gasteiger partial charge is 0.478 e. The van der Waals surface area contributed by atoms with Gasteiger partial charge in [-0.2, -0.15) is 0 Å². The number of nitrogens with two attached hydrogens (primary N) is 1. The van der Waals surface area contributed by atoms with Crippen LogP contribution in [-0.4, -0.2) is 22.0 Å². The lowest BCUT2D eigenvalue weighted by Gasteiger charge is -2.08. The number of halogens is 1. The number of carboxylic acids is 1. The van der Waals surface area contributed by atoms with Crippen LogP contribution in [0.5, 0.6) is 0 Å². The number of thiazole rings is 1. The minimum absolute atomic E-state index is 0.00265. The number of aromatic carboxylic acids is 1. The molecular formula is C12H10BrN3O3S. The molecule has 0 bridgehead atoms. The second kappa shape index (κ2) is 5.59. The molecule has 4 N–H and O–H groups in total. The zero-order valence-corrected chi connectivity index (χ0v) is 12.7. The highest BCUT2D eigenvalue weighted by Gasteiger charge is 2.17. The van der Waals surface area contributed by atoms with E-state index in [4.69, 9.17) is 10.8 Å². The molecule has 0 fully saturated rings. The monoisotopic (exact) mass is 355 g/mol. The Hall–Kier alpha value is -1.93. The first-order chi connectivity index (χ1) is 9.38. The number of carbonyl (C=O) groups excluding carboxylic acids is 1. The molecule has 1 aromatic heterocycles. The van der Waals surface area contributed by atoms with Gasteiger partial charge in [-0.15, -0.1) is 0 Å². The maximum Gasteiger partial charge on any atom is 0.337 e. The van der Waals surface area contributed by atoms with E-state index < -0.39 is 11.9 Å². The lowest BCUT2D eigenvalue weighted by atomic mass is 10.2. The van der Waals surface area contributed by atoms with Crippen molar-refractivity contribution in [3.8, 4) is 0 Å². The molecule has 1 heterocycles. The van der Waals surface area contributed by atoms with Crippen LogP contribution in [0.25, 0.3) is 0 Å². The number of nitrogens with zero attached hydrogens (tertiary/aromatic N) is 1. The molecule has 2 rings (SSSR count). The van der Waals surface area contributed by atoms with Crippen molar-refractivity contribution in [3.63, 3.8) is 0 Å². The summed E-state index contributed by atoms with van der Waals surface area (Å²) in [7, 11) is 0. The predicted octanol–water partition coefficient (Wildman–Crippen LogP) is 2.75. The topological polar surface area (TPSA) is 105 Å². The zero-order chi connectivity index (χ0) is 14.9. The number of nitrogen functional groups attached to an aromatic ring is 1. The molecule has 0 radical (unpaired) electrons. The van der Waals surface area contributed by atoms with E-state index in [1.54, 1.807) is 13.0 Å². The van der Waals surface area contributed by atoms with Gasteiger partial charge in [-0.3, -0.25) is 4.79 Å².